The van der Waals surface area contributed by atoms with Crippen molar-refractivity contribution < 1.29 is 9.53 Å². The lowest BCUT2D eigenvalue weighted by Gasteiger charge is -2.23. The molecule has 0 aliphatic rings. The van der Waals surface area contributed by atoms with E-state index in [1.165, 1.54) is 7.05 Å². The molecule has 7 heteroatoms. The second-order valence-electron chi connectivity index (χ2n) is 5.56. The lowest BCUT2D eigenvalue weighted by Crippen LogP contribution is -2.49. The summed E-state index contributed by atoms with van der Waals surface area (Å²) in [5.74, 6) is 12.1. The summed E-state index contributed by atoms with van der Waals surface area (Å²) in [6.45, 7) is 4.16. The van der Waals surface area contributed by atoms with Crippen LogP contribution in [0.2, 0.25) is 5.02 Å². The Balaban J connectivity index is 2.28. The molecule has 0 unspecified atom stereocenters. The number of amides is 2. The van der Waals surface area contributed by atoms with Gasteiger partial charge in [-0.3, -0.25) is 5.01 Å². The van der Waals surface area contributed by atoms with E-state index in [0.717, 1.165) is 26.9 Å². The van der Waals surface area contributed by atoms with Crippen LogP contribution in [0.25, 0.3) is 0 Å². The van der Waals surface area contributed by atoms with Crippen molar-refractivity contribution in [2.45, 2.75) is 20.5 Å². The summed E-state index contributed by atoms with van der Waals surface area (Å²) in [6.07, 6.45) is 0. The molecule has 0 bridgehead atoms. The number of benzene rings is 2. The van der Waals surface area contributed by atoms with Gasteiger partial charge < -0.3 is 4.74 Å². The van der Waals surface area contributed by atoms with E-state index in [0.29, 0.717) is 16.3 Å². The number of nitrogens with zero attached hydrogens (tertiary/aromatic N) is 2. The molecular weight excluding hydrogens is 328 g/mol. The maximum atomic E-state index is 12.0. The van der Waals surface area contributed by atoms with Gasteiger partial charge in [0, 0.05) is 17.6 Å². The van der Waals surface area contributed by atoms with E-state index < -0.39 is 6.03 Å². The van der Waals surface area contributed by atoms with Gasteiger partial charge >= 0.3 is 6.03 Å². The van der Waals surface area contributed by atoms with Crippen molar-refractivity contribution in [3.05, 3.63) is 58.1 Å². The predicted molar refractivity (Wildman–Crippen MR) is 95.7 cm³/mol. The van der Waals surface area contributed by atoms with E-state index in [2.05, 4.69) is 0 Å². The molecule has 0 fully saturated rings. The molecule has 2 amide bonds. The first-order chi connectivity index (χ1) is 11.3. The highest BCUT2D eigenvalue weighted by Crippen LogP contribution is 2.29. The molecule has 0 heterocycles. The van der Waals surface area contributed by atoms with Gasteiger partial charge in [0.05, 0.1) is 5.69 Å². The number of carbonyl (C=O) groups excluding carboxylic acids is 1. The fourth-order valence-corrected chi connectivity index (χ4v) is 2.52. The number of hydrazine groups is 2. The number of hydrogen-bond donors (Lipinski definition) is 2. The number of urea groups is 1. The summed E-state index contributed by atoms with van der Waals surface area (Å²) in [4.78, 5) is 12.0. The normalized spacial score (nSPS) is 10.4. The molecule has 6 nitrogen and oxygen atoms in total. The third-order valence-corrected chi connectivity index (χ3v) is 3.92. The number of ether oxygens (including phenoxy) is 1. The van der Waals surface area contributed by atoms with Crippen LogP contribution >= 0.6 is 11.6 Å². The van der Waals surface area contributed by atoms with Crippen LogP contribution < -0.4 is 21.4 Å². The van der Waals surface area contributed by atoms with E-state index in [-0.39, 0.29) is 6.61 Å². The van der Waals surface area contributed by atoms with Crippen LogP contribution in [0.15, 0.2) is 36.4 Å². The molecule has 24 heavy (non-hydrogen) atoms. The van der Waals surface area contributed by atoms with Gasteiger partial charge in [0.15, 0.2) is 0 Å². The van der Waals surface area contributed by atoms with Crippen molar-refractivity contribution in [1.82, 2.24) is 5.01 Å². The Morgan fingerprint density at radius 1 is 1.21 bits per heavy atom. The van der Waals surface area contributed by atoms with E-state index in [4.69, 9.17) is 28.0 Å². The number of carbonyl (C=O) groups is 1. The van der Waals surface area contributed by atoms with Crippen LogP contribution in [-0.2, 0) is 6.61 Å². The summed E-state index contributed by atoms with van der Waals surface area (Å²) in [5.41, 5.74) is 3.22. The van der Waals surface area contributed by atoms with Crippen molar-refractivity contribution in [2.24, 2.45) is 11.7 Å². The largest absolute Gasteiger partial charge is 0.488 e. The van der Waals surface area contributed by atoms with E-state index in [1.807, 2.05) is 32.0 Å². The molecule has 0 aliphatic carbocycles. The monoisotopic (exact) mass is 348 g/mol. The quantitative estimate of drug-likeness (QED) is 0.505. The second kappa shape index (κ2) is 7.53. The number of halogens is 1. The Bertz CT molecular complexity index is 749. The molecule has 0 aromatic heterocycles. The summed E-state index contributed by atoms with van der Waals surface area (Å²) < 4.78 is 5.87. The zero-order chi connectivity index (χ0) is 17.9. The van der Waals surface area contributed by atoms with Crippen molar-refractivity contribution in [3.63, 3.8) is 0 Å². The zero-order valence-electron chi connectivity index (χ0n) is 13.9. The first kappa shape index (κ1) is 18.1. The van der Waals surface area contributed by atoms with Gasteiger partial charge in [-0.25, -0.2) is 21.5 Å². The van der Waals surface area contributed by atoms with Crippen LogP contribution in [0.1, 0.15) is 16.7 Å². The molecule has 0 spiro atoms. The van der Waals surface area contributed by atoms with Crippen molar-refractivity contribution in [3.8, 4) is 5.75 Å². The molecule has 0 radical (unpaired) electrons. The zero-order valence-corrected chi connectivity index (χ0v) is 14.7. The van der Waals surface area contributed by atoms with Crippen LogP contribution in [0.5, 0.6) is 5.75 Å². The molecule has 2 rings (SSSR count). The maximum Gasteiger partial charge on any atom is 0.352 e. The third kappa shape index (κ3) is 3.97. The lowest BCUT2D eigenvalue weighted by atomic mass is 10.1. The van der Waals surface area contributed by atoms with Gasteiger partial charge in [-0.2, -0.15) is 0 Å². The molecule has 0 saturated heterocycles. The lowest BCUT2D eigenvalue weighted by molar-refractivity contribution is 0.216. The number of nitrogens with two attached hydrogens (primary N) is 2. The minimum atomic E-state index is -0.565. The Morgan fingerprint density at radius 3 is 2.54 bits per heavy atom. The summed E-state index contributed by atoms with van der Waals surface area (Å²) in [5, 5.41) is 2.31. The van der Waals surface area contributed by atoms with Gasteiger partial charge in [0.1, 0.15) is 12.4 Å². The molecule has 2 aromatic carbocycles. The van der Waals surface area contributed by atoms with Crippen LogP contribution in [0.3, 0.4) is 0 Å². The van der Waals surface area contributed by atoms with Gasteiger partial charge in [-0.05, 0) is 37.6 Å². The van der Waals surface area contributed by atoms with Crippen LogP contribution in [0.4, 0.5) is 10.5 Å². The highest BCUT2D eigenvalue weighted by Gasteiger charge is 2.19. The topological polar surface area (TPSA) is 84.8 Å². The number of aryl methyl sites for hydroxylation is 2. The fraction of sp³-hybridized carbons (Fsp3) is 0.235. The predicted octanol–water partition coefficient (Wildman–Crippen LogP) is 3.14. The molecule has 0 atom stereocenters. The van der Waals surface area contributed by atoms with Crippen molar-refractivity contribution in [2.75, 3.05) is 12.1 Å². The van der Waals surface area contributed by atoms with Crippen molar-refractivity contribution >= 4 is 23.3 Å². The van der Waals surface area contributed by atoms with Gasteiger partial charge in [0.2, 0.25) is 0 Å². The fourth-order valence-electron chi connectivity index (χ4n) is 2.30. The smallest absolute Gasteiger partial charge is 0.352 e. The third-order valence-electron chi connectivity index (χ3n) is 3.56. The minimum absolute atomic E-state index is 0.175. The first-order valence-corrected chi connectivity index (χ1v) is 7.73. The SMILES string of the molecule is Cc1ccc(OCc2c(Cl)cccc2N(N)C(=O)N(C)N)c(C)c1. The van der Waals surface area contributed by atoms with Gasteiger partial charge in [-0.15, -0.1) is 0 Å². The molecule has 4 N–H and O–H groups in total. The average Bonchev–Trinajstić information content (AvgIpc) is 2.53. The van der Waals surface area contributed by atoms with E-state index in [1.54, 1.807) is 18.2 Å². The van der Waals surface area contributed by atoms with Crippen LogP contribution in [0, 0.1) is 13.8 Å². The molecule has 128 valence electrons. The van der Waals surface area contributed by atoms with Crippen LogP contribution in [-0.4, -0.2) is 18.1 Å². The highest BCUT2D eigenvalue weighted by atomic mass is 35.5. The van der Waals surface area contributed by atoms with E-state index in [9.17, 15) is 4.79 Å². The Kier molecular flexibility index (Phi) is 5.66. The summed E-state index contributed by atoms with van der Waals surface area (Å²) in [7, 11) is 1.42. The van der Waals surface area contributed by atoms with Gasteiger partial charge in [-0.1, -0.05) is 35.4 Å². The standard InChI is InChI=1S/C17H21ClN4O2/c1-11-7-8-16(12(2)9-11)24-10-13-14(18)5-4-6-15(13)22(20)17(23)21(3)19/h4-9H,10,19-20H2,1-3H3. The second-order valence-corrected chi connectivity index (χ2v) is 5.97. The Hall–Kier alpha value is -2.28. The highest BCUT2D eigenvalue weighted by molar-refractivity contribution is 6.31. The summed E-state index contributed by atoms with van der Waals surface area (Å²) in [6, 6.07) is 10.5. The van der Waals surface area contributed by atoms with E-state index >= 15 is 0 Å². The minimum Gasteiger partial charge on any atom is -0.488 e. The molecule has 0 aliphatic heterocycles. The Labute approximate surface area is 146 Å². The molecule has 2 aromatic rings. The summed E-state index contributed by atoms with van der Waals surface area (Å²) >= 11 is 6.27. The average molecular weight is 349 g/mol. The molecular formula is C17H21ClN4O2. The number of anilines is 1. The van der Waals surface area contributed by atoms with Gasteiger partial charge in [0.25, 0.3) is 0 Å². The first-order valence-electron chi connectivity index (χ1n) is 7.36. The van der Waals surface area contributed by atoms with Crippen molar-refractivity contribution in [1.29, 1.82) is 0 Å². The molecule has 0 saturated carbocycles. The Morgan fingerprint density at radius 2 is 1.92 bits per heavy atom. The maximum absolute atomic E-state index is 12.0. The number of rotatable bonds is 4. The number of hydrogen-bond acceptors (Lipinski definition) is 4.